The molecule has 0 atom stereocenters. The van der Waals surface area contributed by atoms with Crippen LogP contribution < -0.4 is 0 Å². The summed E-state index contributed by atoms with van der Waals surface area (Å²) >= 11 is 0. The zero-order valence-corrected chi connectivity index (χ0v) is 15.1. The smallest absolute Gasteiger partial charge is 0.280 e. The number of alkyl halides is 2. The van der Waals surface area contributed by atoms with Crippen molar-refractivity contribution >= 4 is 11.6 Å². The van der Waals surface area contributed by atoms with E-state index in [1.54, 1.807) is 20.2 Å². The highest BCUT2D eigenvalue weighted by Gasteiger charge is 2.23. The van der Waals surface area contributed by atoms with Crippen molar-refractivity contribution in [2.24, 2.45) is 0 Å². The zero-order chi connectivity index (χ0) is 19.0. The average Bonchev–Trinajstić information content (AvgIpc) is 3.17. The Morgan fingerprint density at radius 3 is 2.62 bits per heavy atom. The lowest BCUT2D eigenvalue weighted by molar-refractivity contribution is 0.0786. The van der Waals surface area contributed by atoms with Crippen molar-refractivity contribution in [3.63, 3.8) is 0 Å². The molecular weight excluding hydrogens is 342 g/mol. The van der Waals surface area contributed by atoms with Crippen LogP contribution in [-0.2, 0) is 13.1 Å². The molecule has 3 heterocycles. The van der Waals surface area contributed by atoms with Crippen LogP contribution in [0.5, 0.6) is 0 Å². The number of aromatic nitrogens is 5. The van der Waals surface area contributed by atoms with Gasteiger partial charge in [-0.05, 0) is 26.8 Å². The molecular formula is C17H20F2N6O. The molecule has 0 N–H and O–H groups in total. The van der Waals surface area contributed by atoms with E-state index in [4.69, 9.17) is 0 Å². The molecule has 0 bridgehead atoms. The van der Waals surface area contributed by atoms with Crippen molar-refractivity contribution in [1.82, 2.24) is 29.3 Å². The van der Waals surface area contributed by atoms with Crippen LogP contribution in [0.2, 0.25) is 0 Å². The second-order valence-corrected chi connectivity index (χ2v) is 6.15. The van der Waals surface area contributed by atoms with Crippen LogP contribution in [0.15, 0.2) is 18.5 Å². The number of fused-ring (bicyclic) bond motifs is 1. The van der Waals surface area contributed by atoms with Crippen LogP contribution in [0.1, 0.15) is 46.4 Å². The summed E-state index contributed by atoms with van der Waals surface area (Å²) in [5.74, 6) is -0.332. The Morgan fingerprint density at radius 1 is 1.27 bits per heavy atom. The third kappa shape index (κ3) is 3.04. The second-order valence-electron chi connectivity index (χ2n) is 6.15. The van der Waals surface area contributed by atoms with Crippen LogP contribution in [0.25, 0.3) is 5.65 Å². The van der Waals surface area contributed by atoms with E-state index in [9.17, 15) is 13.6 Å². The molecule has 1 amide bonds. The Kier molecular flexibility index (Phi) is 4.71. The highest BCUT2D eigenvalue weighted by atomic mass is 19.3. The van der Waals surface area contributed by atoms with Gasteiger partial charge in [-0.2, -0.15) is 10.2 Å². The second kappa shape index (κ2) is 6.81. The SMILES string of the molecule is CCn1ncc(CN(C)C(=O)c2cnn3c(C(F)F)cc(C)nc23)c1C. The van der Waals surface area contributed by atoms with Gasteiger partial charge >= 0.3 is 0 Å². The molecule has 0 aliphatic heterocycles. The Morgan fingerprint density at radius 2 is 2.00 bits per heavy atom. The van der Waals surface area contributed by atoms with Gasteiger partial charge in [-0.3, -0.25) is 9.48 Å². The molecule has 0 radical (unpaired) electrons. The first-order chi connectivity index (χ1) is 12.3. The first-order valence-corrected chi connectivity index (χ1v) is 8.23. The maximum atomic E-state index is 13.2. The first kappa shape index (κ1) is 18.0. The summed E-state index contributed by atoms with van der Waals surface area (Å²) in [4.78, 5) is 18.6. The quantitative estimate of drug-likeness (QED) is 0.700. The Labute approximate surface area is 149 Å². The third-order valence-electron chi connectivity index (χ3n) is 4.34. The van der Waals surface area contributed by atoms with Gasteiger partial charge in [-0.25, -0.2) is 18.3 Å². The number of carbonyl (C=O) groups excluding carboxylic acids is 1. The number of halogens is 2. The maximum Gasteiger partial charge on any atom is 0.280 e. The molecule has 0 spiro atoms. The van der Waals surface area contributed by atoms with Crippen molar-refractivity contribution in [2.45, 2.75) is 40.3 Å². The maximum absolute atomic E-state index is 13.2. The fraction of sp³-hybridized carbons (Fsp3) is 0.412. The topological polar surface area (TPSA) is 68.3 Å². The zero-order valence-electron chi connectivity index (χ0n) is 15.1. The predicted molar refractivity (Wildman–Crippen MR) is 91.1 cm³/mol. The van der Waals surface area contributed by atoms with E-state index in [0.29, 0.717) is 12.2 Å². The predicted octanol–water partition coefficient (Wildman–Crippen LogP) is 2.77. The normalized spacial score (nSPS) is 11.5. The number of carbonyl (C=O) groups is 1. The van der Waals surface area contributed by atoms with E-state index in [0.717, 1.165) is 22.3 Å². The number of hydrogen-bond acceptors (Lipinski definition) is 4. The minimum atomic E-state index is -2.71. The molecule has 3 aromatic heterocycles. The molecule has 0 aromatic carbocycles. The van der Waals surface area contributed by atoms with Gasteiger partial charge < -0.3 is 4.90 Å². The fourth-order valence-electron chi connectivity index (χ4n) is 2.91. The highest BCUT2D eigenvalue weighted by Crippen LogP contribution is 2.22. The third-order valence-corrected chi connectivity index (χ3v) is 4.34. The summed E-state index contributed by atoms with van der Waals surface area (Å²) < 4.78 is 29.3. The molecule has 0 unspecified atom stereocenters. The van der Waals surface area contributed by atoms with Crippen LogP contribution in [0, 0.1) is 13.8 Å². The van der Waals surface area contributed by atoms with Crippen LogP contribution in [0.3, 0.4) is 0 Å². The van der Waals surface area contributed by atoms with Crippen molar-refractivity contribution in [3.8, 4) is 0 Å². The lowest BCUT2D eigenvalue weighted by Crippen LogP contribution is -2.26. The van der Waals surface area contributed by atoms with E-state index in [1.807, 2.05) is 18.5 Å². The standard InChI is InChI=1S/C17H20F2N6O/c1-5-24-11(3)12(7-20-24)9-23(4)17(26)13-8-21-25-14(15(18)19)6-10(2)22-16(13)25/h6-8,15H,5,9H2,1-4H3. The average molecular weight is 362 g/mol. The van der Waals surface area contributed by atoms with Gasteiger partial charge in [0.25, 0.3) is 12.3 Å². The van der Waals surface area contributed by atoms with Crippen molar-refractivity contribution in [1.29, 1.82) is 0 Å². The lowest BCUT2D eigenvalue weighted by atomic mass is 10.2. The van der Waals surface area contributed by atoms with E-state index < -0.39 is 6.43 Å². The van der Waals surface area contributed by atoms with Crippen molar-refractivity contribution in [3.05, 3.63) is 46.7 Å². The number of aryl methyl sites for hydroxylation is 2. The van der Waals surface area contributed by atoms with E-state index >= 15 is 0 Å². The molecule has 0 aliphatic rings. The van der Waals surface area contributed by atoms with E-state index in [1.165, 1.54) is 17.2 Å². The Balaban J connectivity index is 1.93. The molecule has 0 saturated heterocycles. The van der Waals surface area contributed by atoms with Gasteiger partial charge in [0.2, 0.25) is 0 Å². The van der Waals surface area contributed by atoms with Crippen molar-refractivity contribution < 1.29 is 13.6 Å². The molecule has 0 saturated carbocycles. The number of nitrogens with zero attached hydrogens (tertiary/aromatic N) is 6. The minimum absolute atomic E-state index is 0.137. The van der Waals surface area contributed by atoms with Gasteiger partial charge in [-0.15, -0.1) is 0 Å². The van der Waals surface area contributed by atoms with Crippen LogP contribution in [-0.4, -0.2) is 42.2 Å². The molecule has 9 heteroatoms. The van der Waals surface area contributed by atoms with Gasteiger partial charge in [-0.1, -0.05) is 0 Å². The molecule has 0 aliphatic carbocycles. The largest absolute Gasteiger partial charge is 0.337 e. The Hall–Kier alpha value is -2.84. The monoisotopic (exact) mass is 362 g/mol. The summed E-state index contributed by atoms with van der Waals surface area (Å²) in [5.41, 5.74) is 2.37. The summed E-state index contributed by atoms with van der Waals surface area (Å²) in [5, 5.41) is 8.21. The summed E-state index contributed by atoms with van der Waals surface area (Å²) in [6.45, 7) is 6.65. The van der Waals surface area contributed by atoms with Gasteiger partial charge in [0.05, 0.1) is 12.4 Å². The fourth-order valence-corrected chi connectivity index (χ4v) is 2.91. The van der Waals surface area contributed by atoms with Gasteiger partial charge in [0.15, 0.2) is 5.65 Å². The van der Waals surface area contributed by atoms with Gasteiger partial charge in [0.1, 0.15) is 11.3 Å². The number of rotatable bonds is 5. The van der Waals surface area contributed by atoms with Gasteiger partial charge in [0, 0.05) is 37.1 Å². The molecule has 26 heavy (non-hydrogen) atoms. The van der Waals surface area contributed by atoms with Crippen LogP contribution >= 0.6 is 0 Å². The summed E-state index contributed by atoms with van der Waals surface area (Å²) in [6, 6.07) is 1.27. The minimum Gasteiger partial charge on any atom is -0.337 e. The van der Waals surface area contributed by atoms with E-state index in [-0.39, 0.29) is 22.8 Å². The molecule has 138 valence electrons. The Bertz CT molecular complexity index is 962. The first-order valence-electron chi connectivity index (χ1n) is 8.23. The van der Waals surface area contributed by atoms with E-state index in [2.05, 4.69) is 15.2 Å². The highest BCUT2D eigenvalue weighted by molar-refractivity contribution is 5.99. The molecule has 7 nitrogen and oxygen atoms in total. The summed E-state index contributed by atoms with van der Waals surface area (Å²) in [6.07, 6.45) is 0.312. The molecule has 3 rings (SSSR count). The summed E-state index contributed by atoms with van der Waals surface area (Å²) in [7, 11) is 1.65. The molecule has 0 fully saturated rings. The number of amides is 1. The molecule has 3 aromatic rings. The lowest BCUT2D eigenvalue weighted by Gasteiger charge is -2.16. The van der Waals surface area contributed by atoms with Crippen LogP contribution in [0.4, 0.5) is 8.78 Å². The number of hydrogen-bond donors (Lipinski definition) is 0. The van der Waals surface area contributed by atoms with Crippen molar-refractivity contribution in [2.75, 3.05) is 7.05 Å².